The number of para-hydroxylation sites is 1. The van der Waals surface area contributed by atoms with Gasteiger partial charge in [-0.1, -0.05) is 37.1 Å². The highest BCUT2D eigenvalue weighted by atomic mass is 35.5. The van der Waals surface area contributed by atoms with E-state index in [1.165, 1.54) is 6.07 Å². The van der Waals surface area contributed by atoms with Crippen molar-refractivity contribution in [2.45, 2.75) is 39.2 Å². The van der Waals surface area contributed by atoms with Crippen LogP contribution in [0.15, 0.2) is 29.4 Å². The maximum absolute atomic E-state index is 14.1. The molecule has 0 aliphatic carbocycles. The SMILES string of the molecule is CCCCc1nc(Cl)c(/C=N/NC(N)=S)n1CCCN1CCN(c2ccccc2F)CC1. The lowest BCUT2D eigenvalue weighted by Crippen LogP contribution is -2.47. The Bertz CT molecular complexity index is 925. The Morgan fingerprint density at radius 1 is 1.25 bits per heavy atom. The van der Waals surface area contributed by atoms with Gasteiger partial charge in [0.05, 0.1) is 11.9 Å². The van der Waals surface area contributed by atoms with Crippen LogP contribution in [0, 0.1) is 5.82 Å². The van der Waals surface area contributed by atoms with E-state index in [-0.39, 0.29) is 10.9 Å². The quantitative estimate of drug-likeness (QED) is 0.309. The molecule has 1 fully saturated rings. The second-order valence-electron chi connectivity index (χ2n) is 7.83. The molecule has 1 saturated heterocycles. The zero-order valence-corrected chi connectivity index (χ0v) is 20.0. The van der Waals surface area contributed by atoms with Crippen LogP contribution in [0.5, 0.6) is 0 Å². The first-order valence-corrected chi connectivity index (χ1v) is 11.8. The summed E-state index contributed by atoms with van der Waals surface area (Å²) in [5.74, 6) is 0.814. The zero-order valence-electron chi connectivity index (χ0n) is 18.4. The molecule has 7 nitrogen and oxygen atoms in total. The van der Waals surface area contributed by atoms with Gasteiger partial charge in [-0.05, 0) is 43.7 Å². The van der Waals surface area contributed by atoms with Crippen LogP contribution in [-0.4, -0.2) is 58.5 Å². The highest BCUT2D eigenvalue weighted by Crippen LogP contribution is 2.21. The Balaban J connectivity index is 1.57. The number of anilines is 1. The second kappa shape index (κ2) is 12.1. The van der Waals surface area contributed by atoms with Gasteiger partial charge in [-0.15, -0.1) is 0 Å². The fourth-order valence-corrected chi connectivity index (χ4v) is 4.21. The van der Waals surface area contributed by atoms with Gasteiger partial charge in [-0.25, -0.2) is 9.37 Å². The third-order valence-electron chi connectivity index (χ3n) is 5.58. The molecule has 32 heavy (non-hydrogen) atoms. The first-order chi connectivity index (χ1) is 15.5. The molecular weight excluding hydrogens is 449 g/mol. The highest BCUT2D eigenvalue weighted by Gasteiger charge is 2.20. The number of nitrogens with zero attached hydrogens (tertiary/aromatic N) is 5. The Hall–Kier alpha value is -2.23. The fourth-order valence-electron chi connectivity index (χ4n) is 3.91. The topological polar surface area (TPSA) is 74.7 Å². The molecule has 1 aromatic carbocycles. The van der Waals surface area contributed by atoms with Crippen molar-refractivity contribution >= 4 is 40.8 Å². The first kappa shape index (κ1) is 24.4. The van der Waals surface area contributed by atoms with Crippen LogP contribution < -0.4 is 16.1 Å². The molecule has 0 radical (unpaired) electrons. The van der Waals surface area contributed by atoms with Gasteiger partial charge >= 0.3 is 0 Å². The maximum atomic E-state index is 14.1. The van der Waals surface area contributed by atoms with Gasteiger partial charge < -0.3 is 15.2 Å². The minimum Gasteiger partial charge on any atom is -0.375 e. The summed E-state index contributed by atoms with van der Waals surface area (Å²) in [5, 5.41) is 4.60. The standard InChI is InChI=1S/C22H31ClFN7S/c1-2-3-9-20-27-21(23)19(16-26-28-22(25)32)31(20)11-6-10-29-12-14-30(15-13-29)18-8-5-4-7-17(18)24/h4-5,7-8,16H,2-3,6,9-15H2,1H3,(H3,25,28,32)/b26-16+. The van der Waals surface area contributed by atoms with E-state index in [4.69, 9.17) is 29.6 Å². The summed E-state index contributed by atoms with van der Waals surface area (Å²) in [6.07, 6.45) is 5.58. The predicted octanol–water partition coefficient (Wildman–Crippen LogP) is 3.40. The Kier molecular flexibility index (Phi) is 9.25. The molecule has 1 aliphatic rings. The van der Waals surface area contributed by atoms with Crippen LogP contribution in [-0.2, 0) is 13.0 Å². The molecule has 1 aliphatic heterocycles. The fraction of sp³-hybridized carbons (Fsp3) is 0.500. The summed E-state index contributed by atoms with van der Waals surface area (Å²) in [6.45, 7) is 7.37. The lowest BCUT2D eigenvalue weighted by atomic mass is 10.2. The minimum absolute atomic E-state index is 0.101. The van der Waals surface area contributed by atoms with Crippen molar-refractivity contribution in [3.63, 3.8) is 0 Å². The number of thiocarbonyl (C=S) groups is 1. The van der Waals surface area contributed by atoms with Gasteiger partial charge in [0.2, 0.25) is 0 Å². The van der Waals surface area contributed by atoms with Crippen LogP contribution in [0.2, 0.25) is 5.15 Å². The lowest BCUT2D eigenvalue weighted by Gasteiger charge is -2.36. The number of hydrogen-bond acceptors (Lipinski definition) is 5. The maximum Gasteiger partial charge on any atom is 0.184 e. The molecule has 1 aromatic heterocycles. The van der Waals surface area contributed by atoms with Crippen molar-refractivity contribution in [1.29, 1.82) is 0 Å². The van der Waals surface area contributed by atoms with E-state index >= 15 is 0 Å². The number of piperazine rings is 1. The molecule has 10 heteroatoms. The summed E-state index contributed by atoms with van der Waals surface area (Å²) >= 11 is 11.2. The highest BCUT2D eigenvalue weighted by molar-refractivity contribution is 7.80. The molecule has 3 rings (SSSR count). The van der Waals surface area contributed by atoms with Crippen molar-refractivity contribution in [3.8, 4) is 0 Å². The number of halogens is 2. The minimum atomic E-state index is -0.156. The van der Waals surface area contributed by atoms with E-state index in [0.717, 1.165) is 76.5 Å². The zero-order chi connectivity index (χ0) is 22.9. The Morgan fingerprint density at radius 3 is 2.69 bits per heavy atom. The number of aromatic nitrogens is 2. The van der Waals surface area contributed by atoms with E-state index in [1.54, 1.807) is 12.3 Å². The normalized spacial score (nSPS) is 14.9. The average Bonchev–Trinajstić information content (AvgIpc) is 3.07. The molecule has 0 amide bonds. The monoisotopic (exact) mass is 479 g/mol. The summed E-state index contributed by atoms with van der Waals surface area (Å²) in [7, 11) is 0. The van der Waals surface area contributed by atoms with E-state index in [0.29, 0.717) is 10.8 Å². The van der Waals surface area contributed by atoms with Gasteiger partial charge in [0.15, 0.2) is 10.3 Å². The van der Waals surface area contributed by atoms with Crippen molar-refractivity contribution in [2.75, 3.05) is 37.6 Å². The molecule has 3 N–H and O–H groups in total. The average molecular weight is 480 g/mol. The van der Waals surface area contributed by atoms with E-state index < -0.39 is 0 Å². The number of benzene rings is 1. The van der Waals surface area contributed by atoms with Gasteiger partial charge in [0.25, 0.3) is 0 Å². The Morgan fingerprint density at radius 2 is 2.00 bits per heavy atom. The predicted molar refractivity (Wildman–Crippen MR) is 133 cm³/mol. The number of aryl methyl sites for hydroxylation is 1. The smallest absolute Gasteiger partial charge is 0.184 e. The van der Waals surface area contributed by atoms with Crippen molar-refractivity contribution in [2.24, 2.45) is 10.8 Å². The number of unbranched alkanes of at least 4 members (excludes halogenated alkanes) is 1. The van der Waals surface area contributed by atoms with Crippen LogP contribution >= 0.6 is 23.8 Å². The molecule has 2 aromatic rings. The van der Waals surface area contributed by atoms with Gasteiger partial charge in [0.1, 0.15) is 17.3 Å². The van der Waals surface area contributed by atoms with E-state index in [2.05, 4.69) is 36.8 Å². The second-order valence-corrected chi connectivity index (χ2v) is 8.63. The summed E-state index contributed by atoms with van der Waals surface area (Å²) < 4.78 is 16.2. The number of hydrazone groups is 1. The molecule has 174 valence electrons. The van der Waals surface area contributed by atoms with Crippen LogP contribution in [0.25, 0.3) is 0 Å². The summed E-state index contributed by atoms with van der Waals surface area (Å²) in [6, 6.07) is 6.98. The molecule has 2 heterocycles. The number of nitrogens with one attached hydrogen (secondary N) is 1. The van der Waals surface area contributed by atoms with Gasteiger partial charge in [-0.3, -0.25) is 10.3 Å². The van der Waals surface area contributed by atoms with Crippen molar-refractivity contribution < 1.29 is 4.39 Å². The van der Waals surface area contributed by atoms with Gasteiger partial charge in [0, 0.05) is 39.1 Å². The summed E-state index contributed by atoms with van der Waals surface area (Å²) in [4.78, 5) is 9.09. The molecule has 0 atom stereocenters. The van der Waals surface area contributed by atoms with Crippen LogP contribution in [0.3, 0.4) is 0 Å². The molecular formula is C22H31ClFN7S. The largest absolute Gasteiger partial charge is 0.375 e. The lowest BCUT2D eigenvalue weighted by molar-refractivity contribution is 0.249. The number of nitrogens with two attached hydrogens (primary N) is 1. The van der Waals surface area contributed by atoms with E-state index in [9.17, 15) is 4.39 Å². The third kappa shape index (κ3) is 6.63. The van der Waals surface area contributed by atoms with Crippen LogP contribution in [0.1, 0.15) is 37.7 Å². The number of hydrogen-bond donors (Lipinski definition) is 2. The number of rotatable bonds is 10. The third-order valence-corrected chi connectivity index (χ3v) is 5.95. The molecule has 0 unspecified atom stereocenters. The van der Waals surface area contributed by atoms with Crippen molar-refractivity contribution in [1.82, 2.24) is 19.9 Å². The first-order valence-electron chi connectivity index (χ1n) is 11.0. The molecule has 0 saturated carbocycles. The molecule has 0 bridgehead atoms. The number of imidazole rings is 1. The van der Waals surface area contributed by atoms with Crippen LogP contribution in [0.4, 0.5) is 10.1 Å². The van der Waals surface area contributed by atoms with Crippen molar-refractivity contribution in [3.05, 3.63) is 46.8 Å². The summed E-state index contributed by atoms with van der Waals surface area (Å²) in [5.41, 5.74) is 9.46. The van der Waals surface area contributed by atoms with Gasteiger partial charge in [-0.2, -0.15) is 5.10 Å². The Labute approximate surface area is 199 Å². The molecule has 0 spiro atoms. The van der Waals surface area contributed by atoms with E-state index in [1.807, 2.05) is 12.1 Å².